The first-order valence-corrected chi connectivity index (χ1v) is 10.9. The molecule has 0 aromatic heterocycles. The second kappa shape index (κ2) is 7.19. The third kappa shape index (κ3) is 3.88. The van der Waals surface area contributed by atoms with Gasteiger partial charge in [-0.15, -0.1) is 0 Å². The maximum Gasteiger partial charge on any atom is 0.317 e. The van der Waals surface area contributed by atoms with Gasteiger partial charge >= 0.3 is 5.97 Å². The molecule has 26 heavy (non-hydrogen) atoms. The number of benzene rings is 1. The van der Waals surface area contributed by atoms with E-state index in [0.29, 0.717) is 30.8 Å². The van der Waals surface area contributed by atoms with Crippen LogP contribution in [0.15, 0.2) is 24.3 Å². The summed E-state index contributed by atoms with van der Waals surface area (Å²) in [5.41, 5.74) is 0.159. The maximum atomic E-state index is 12.5. The van der Waals surface area contributed by atoms with Crippen LogP contribution in [0, 0.1) is 0 Å². The Bertz CT molecular complexity index is 801. The number of nitrogens with zero attached hydrogens (tertiary/aromatic N) is 1. The number of esters is 1. The summed E-state index contributed by atoms with van der Waals surface area (Å²) in [4.78, 5) is 26.5. The van der Waals surface area contributed by atoms with Gasteiger partial charge in [-0.2, -0.15) is 0 Å². The van der Waals surface area contributed by atoms with Crippen molar-refractivity contribution < 1.29 is 22.7 Å². The van der Waals surface area contributed by atoms with Crippen molar-refractivity contribution in [2.45, 2.75) is 37.6 Å². The van der Waals surface area contributed by atoms with Gasteiger partial charge < -0.3 is 9.64 Å². The number of sulfone groups is 1. The molecule has 0 unspecified atom stereocenters. The molecule has 2 aliphatic rings. The summed E-state index contributed by atoms with van der Waals surface area (Å²) in [6.07, 6.45) is 1.80. The number of carbonyl (C=O) groups is 2. The van der Waals surface area contributed by atoms with Crippen LogP contribution in [0.5, 0.6) is 0 Å². The Morgan fingerprint density at radius 2 is 1.92 bits per heavy atom. The van der Waals surface area contributed by atoms with Gasteiger partial charge in [0.05, 0.1) is 16.9 Å². The third-order valence-corrected chi connectivity index (χ3v) is 7.18. The average molecular weight is 400 g/mol. The zero-order chi connectivity index (χ0) is 18.9. The van der Waals surface area contributed by atoms with Gasteiger partial charge in [0.15, 0.2) is 16.4 Å². The average Bonchev–Trinajstić information content (AvgIpc) is 3.33. The zero-order valence-electron chi connectivity index (χ0n) is 14.6. The molecule has 6 nitrogen and oxygen atoms in total. The minimum Gasteiger partial charge on any atom is -0.455 e. The van der Waals surface area contributed by atoms with E-state index in [1.54, 1.807) is 31.2 Å². The molecule has 1 saturated heterocycles. The summed E-state index contributed by atoms with van der Waals surface area (Å²) < 4.78 is 28.6. The summed E-state index contributed by atoms with van der Waals surface area (Å²) in [6, 6.07) is 6.74. The quantitative estimate of drug-likeness (QED) is 0.683. The lowest BCUT2D eigenvalue weighted by atomic mass is 9.96. The minimum absolute atomic E-state index is 0.0186. The van der Waals surface area contributed by atoms with E-state index in [4.69, 9.17) is 16.3 Å². The molecule has 1 atom stereocenters. The van der Waals surface area contributed by atoms with E-state index in [2.05, 4.69) is 0 Å². The van der Waals surface area contributed by atoms with Crippen LogP contribution in [0.1, 0.15) is 31.7 Å². The highest BCUT2D eigenvalue weighted by Gasteiger charge is 2.53. The van der Waals surface area contributed by atoms with Crippen LogP contribution < -0.4 is 0 Å². The number of hydrogen-bond acceptors (Lipinski definition) is 5. The highest BCUT2D eigenvalue weighted by Crippen LogP contribution is 2.49. The first-order valence-electron chi connectivity index (χ1n) is 8.70. The van der Waals surface area contributed by atoms with Crippen LogP contribution in [0.4, 0.5) is 0 Å². The van der Waals surface area contributed by atoms with Gasteiger partial charge in [-0.3, -0.25) is 9.59 Å². The number of ether oxygens (including phenoxy) is 1. The number of hydrogen-bond donors (Lipinski definition) is 0. The van der Waals surface area contributed by atoms with E-state index in [1.807, 2.05) is 0 Å². The monoisotopic (exact) mass is 399 g/mol. The van der Waals surface area contributed by atoms with Crippen molar-refractivity contribution in [3.05, 3.63) is 34.9 Å². The lowest BCUT2D eigenvalue weighted by Crippen LogP contribution is -2.43. The Kier molecular flexibility index (Phi) is 5.30. The second-order valence-corrected chi connectivity index (χ2v) is 9.57. The molecule has 0 radical (unpaired) electrons. The van der Waals surface area contributed by atoms with Gasteiger partial charge in [-0.05, 0) is 43.9 Å². The molecular weight excluding hydrogens is 378 g/mol. The molecule has 0 N–H and O–H groups in total. The Labute approximate surface area is 158 Å². The van der Waals surface area contributed by atoms with Crippen molar-refractivity contribution in [2.75, 3.05) is 24.7 Å². The van der Waals surface area contributed by atoms with Gasteiger partial charge in [0, 0.05) is 17.6 Å². The van der Waals surface area contributed by atoms with Gasteiger partial charge in [-0.1, -0.05) is 23.7 Å². The molecule has 142 valence electrons. The molecular formula is C18H22ClNO5S. The van der Waals surface area contributed by atoms with Crippen molar-refractivity contribution >= 4 is 33.3 Å². The number of likely N-dealkylation sites (N-methyl/N-ethyl adjacent to an activating group) is 1. The van der Waals surface area contributed by atoms with Crippen LogP contribution in [-0.2, 0) is 29.6 Å². The fourth-order valence-electron chi connectivity index (χ4n) is 3.51. The molecule has 3 rings (SSSR count). The number of halogens is 1. The highest BCUT2D eigenvalue weighted by atomic mass is 35.5. The van der Waals surface area contributed by atoms with E-state index < -0.39 is 21.2 Å². The summed E-state index contributed by atoms with van der Waals surface area (Å²) in [7, 11) is -3.08. The Morgan fingerprint density at radius 1 is 1.27 bits per heavy atom. The largest absolute Gasteiger partial charge is 0.455 e. The minimum atomic E-state index is -3.08. The highest BCUT2D eigenvalue weighted by molar-refractivity contribution is 7.91. The number of rotatable bonds is 6. The molecule has 1 aliphatic heterocycles. The molecule has 1 heterocycles. The van der Waals surface area contributed by atoms with Gasteiger partial charge in [-0.25, -0.2) is 8.42 Å². The van der Waals surface area contributed by atoms with E-state index in [0.717, 1.165) is 5.56 Å². The standard InChI is InChI=1S/C18H22ClNO5S/c1-2-20(15-7-10-26(23,24)12-15)16(21)11-25-17(22)18(8-9-18)13-3-5-14(19)6-4-13/h3-6,15H,2,7-12H2,1H3/t15-/m1/s1. The lowest BCUT2D eigenvalue weighted by Gasteiger charge is -2.27. The van der Waals surface area contributed by atoms with E-state index in [-0.39, 0.29) is 30.1 Å². The Balaban J connectivity index is 1.60. The van der Waals surface area contributed by atoms with Crippen molar-refractivity contribution in [2.24, 2.45) is 0 Å². The number of amides is 1. The Morgan fingerprint density at radius 3 is 2.42 bits per heavy atom. The number of carbonyl (C=O) groups excluding carboxylic acids is 2. The van der Waals surface area contributed by atoms with Crippen LogP contribution >= 0.6 is 11.6 Å². The van der Waals surface area contributed by atoms with Gasteiger partial charge in [0.2, 0.25) is 0 Å². The summed E-state index contributed by atoms with van der Waals surface area (Å²) in [6.45, 7) is 1.82. The molecule has 1 aromatic carbocycles. The van der Waals surface area contributed by atoms with Crippen LogP contribution in [0.25, 0.3) is 0 Å². The van der Waals surface area contributed by atoms with Crippen molar-refractivity contribution in [3.63, 3.8) is 0 Å². The SMILES string of the molecule is CCN(C(=O)COC(=O)C1(c2ccc(Cl)cc2)CC1)[C@@H]1CCS(=O)(=O)C1. The smallest absolute Gasteiger partial charge is 0.317 e. The first-order chi connectivity index (χ1) is 12.3. The fourth-order valence-corrected chi connectivity index (χ4v) is 5.37. The van der Waals surface area contributed by atoms with Crippen LogP contribution in [0.3, 0.4) is 0 Å². The molecule has 1 aliphatic carbocycles. The third-order valence-electron chi connectivity index (χ3n) is 5.17. The molecule has 0 spiro atoms. The van der Waals surface area contributed by atoms with Crippen LogP contribution in [-0.4, -0.2) is 55.9 Å². The molecule has 0 bridgehead atoms. The first kappa shape index (κ1) is 19.2. The topological polar surface area (TPSA) is 80.8 Å². The fraction of sp³-hybridized carbons (Fsp3) is 0.556. The summed E-state index contributed by atoms with van der Waals surface area (Å²) >= 11 is 5.89. The molecule has 2 fully saturated rings. The van der Waals surface area contributed by atoms with Crippen molar-refractivity contribution in [3.8, 4) is 0 Å². The zero-order valence-corrected chi connectivity index (χ0v) is 16.2. The van der Waals surface area contributed by atoms with E-state index in [9.17, 15) is 18.0 Å². The van der Waals surface area contributed by atoms with E-state index in [1.165, 1.54) is 4.90 Å². The van der Waals surface area contributed by atoms with Crippen molar-refractivity contribution in [1.82, 2.24) is 4.90 Å². The normalized spacial score (nSPS) is 22.6. The lowest BCUT2D eigenvalue weighted by molar-refractivity contribution is -0.154. The predicted molar refractivity (Wildman–Crippen MR) is 97.8 cm³/mol. The van der Waals surface area contributed by atoms with Gasteiger partial charge in [0.1, 0.15) is 0 Å². The predicted octanol–water partition coefficient (Wildman–Crippen LogP) is 1.95. The molecule has 1 aromatic rings. The summed E-state index contributed by atoms with van der Waals surface area (Å²) in [5, 5.41) is 0.596. The van der Waals surface area contributed by atoms with Crippen LogP contribution in [0.2, 0.25) is 5.02 Å². The van der Waals surface area contributed by atoms with E-state index >= 15 is 0 Å². The molecule has 8 heteroatoms. The second-order valence-electron chi connectivity index (χ2n) is 6.90. The summed E-state index contributed by atoms with van der Waals surface area (Å²) in [5.74, 6) is -0.686. The molecule has 1 amide bonds. The molecule has 1 saturated carbocycles. The van der Waals surface area contributed by atoms with Crippen molar-refractivity contribution in [1.29, 1.82) is 0 Å². The van der Waals surface area contributed by atoms with Gasteiger partial charge in [0.25, 0.3) is 5.91 Å². The maximum absolute atomic E-state index is 12.5. The Hall–Kier alpha value is -1.60.